The lowest BCUT2D eigenvalue weighted by Gasteiger charge is -2.31. The highest BCUT2D eigenvalue weighted by Gasteiger charge is 2.27. The van der Waals surface area contributed by atoms with E-state index in [0.717, 1.165) is 22.2 Å². The second-order valence-corrected chi connectivity index (χ2v) is 8.00. The fourth-order valence-corrected chi connectivity index (χ4v) is 4.06. The van der Waals surface area contributed by atoms with Gasteiger partial charge in [0.05, 0.1) is 24.8 Å². The minimum absolute atomic E-state index is 0.0672. The number of anilines is 1. The van der Waals surface area contributed by atoms with Crippen molar-refractivity contribution in [3.05, 3.63) is 59.3 Å². The van der Waals surface area contributed by atoms with Gasteiger partial charge in [-0.2, -0.15) is 5.10 Å². The highest BCUT2D eigenvalue weighted by molar-refractivity contribution is 5.90. The number of aromatic nitrogens is 2. The first-order chi connectivity index (χ1) is 14.9. The minimum atomic E-state index is -0.144. The minimum Gasteiger partial charge on any atom is -0.358 e. The number of nitrogens with zero attached hydrogens (tertiary/aromatic N) is 5. The van der Waals surface area contributed by atoms with E-state index in [0.29, 0.717) is 13.1 Å². The van der Waals surface area contributed by atoms with Crippen molar-refractivity contribution in [3.8, 4) is 0 Å². The molecule has 1 aliphatic heterocycles. The second kappa shape index (κ2) is 8.39. The zero-order valence-corrected chi connectivity index (χ0v) is 18.4. The molecule has 0 unspecified atom stereocenters. The molecule has 1 N–H and O–H groups in total. The SMILES string of the molecule is CNC(=O)CN(CC(=O)N(C)N1Cc2ccccc2C1)c1cc2cnn(C)c2cc1C. The number of amides is 2. The first-order valence-electron chi connectivity index (χ1n) is 10.3. The lowest BCUT2D eigenvalue weighted by atomic mass is 10.1. The Hall–Kier alpha value is -3.39. The summed E-state index contributed by atoms with van der Waals surface area (Å²) < 4.78 is 1.82. The van der Waals surface area contributed by atoms with Gasteiger partial charge in [-0.1, -0.05) is 24.3 Å². The Morgan fingerprint density at radius 3 is 2.45 bits per heavy atom. The molecule has 3 aromatic rings. The largest absolute Gasteiger partial charge is 0.358 e. The van der Waals surface area contributed by atoms with Crippen LogP contribution in [-0.4, -0.2) is 58.8 Å². The van der Waals surface area contributed by atoms with Crippen LogP contribution >= 0.6 is 0 Å². The molecule has 0 bridgehead atoms. The highest BCUT2D eigenvalue weighted by Crippen LogP contribution is 2.27. The van der Waals surface area contributed by atoms with Crippen molar-refractivity contribution >= 4 is 28.4 Å². The molecule has 0 saturated heterocycles. The van der Waals surface area contributed by atoms with E-state index >= 15 is 0 Å². The summed E-state index contributed by atoms with van der Waals surface area (Å²) in [4.78, 5) is 27.3. The third-order valence-corrected chi connectivity index (χ3v) is 5.95. The molecule has 0 saturated carbocycles. The van der Waals surface area contributed by atoms with Gasteiger partial charge in [0, 0.05) is 45.3 Å². The number of hydrogen-bond donors (Lipinski definition) is 1. The van der Waals surface area contributed by atoms with E-state index in [9.17, 15) is 9.59 Å². The smallest absolute Gasteiger partial charge is 0.256 e. The molecule has 4 rings (SSSR count). The Kier molecular flexibility index (Phi) is 5.65. The number of hydrogen-bond acceptors (Lipinski definition) is 5. The summed E-state index contributed by atoms with van der Waals surface area (Å²) in [7, 11) is 5.30. The molecule has 8 nitrogen and oxygen atoms in total. The van der Waals surface area contributed by atoms with E-state index in [2.05, 4.69) is 22.5 Å². The topological polar surface area (TPSA) is 73.7 Å². The normalized spacial score (nSPS) is 13.3. The van der Waals surface area contributed by atoms with Gasteiger partial charge < -0.3 is 10.2 Å². The van der Waals surface area contributed by atoms with Crippen LogP contribution in [0.3, 0.4) is 0 Å². The first kappa shape index (κ1) is 20.9. The molecule has 162 valence electrons. The van der Waals surface area contributed by atoms with Crippen LogP contribution in [0.2, 0.25) is 0 Å². The van der Waals surface area contributed by atoms with E-state index in [1.54, 1.807) is 25.3 Å². The summed E-state index contributed by atoms with van der Waals surface area (Å²) in [5.41, 5.74) is 5.34. The number of nitrogens with one attached hydrogen (secondary N) is 1. The molecule has 31 heavy (non-hydrogen) atoms. The van der Waals surface area contributed by atoms with Gasteiger partial charge in [-0.3, -0.25) is 19.3 Å². The maximum absolute atomic E-state index is 13.2. The molecule has 2 amide bonds. The van der Waals surface area contributed by atoms with Crippen LogP contribution in [0.4, 0.5) is 5.69 Å². The molecule has 1 aromatic heterocycles. The lowest BCUT2D eigenvalue weighted by molar-refractivity contribution is -0.145. The lowest BCUT2D eigenvalue weighted by Crippen LogP contribution is -2.47. The Balaban J connectivity index is 1.56. The number of aryl methyl sites for hydroxylation is 2. The molecule has 2 aromatic carbocycles. The van der Waals surface area contributed by atoms with Crippen molar-refractivity contribution in [1.29, 1.82) is 0 Å². The Bertz CT molecular complexity index is 1110. The summed E-state index contributed by atoms with van der Waals surface area (Å²) in [6.07, 6.45) is 1.80. The van der Waals surface area contributed by atoms with E-state index in [-0.39, 0.29) is 24.9 Å². The average Bonchev–Trinajstić information content (AvgIpc) is 3.35. The van der Waals surface area contributed by atoms with E-state index in [4.69, 9.17) is 0 Å². The number of carbonyl (C=O) groups is 2. The van der Waals surface area contributed by atoms with E-state index in [1.165, 1.54) is 11.1 Å². The zero-order valence-electron chi connectivity index (χ0n) is 18.4. The third kappa shape index (κ3) is 4.11. The number of likely N-dealkylation sites (N-methyl/N-ethyl adjacent to an activating group) is 2. The van der Waals surface area contributed by atoms with Gasteiger partial charge >= 0.3 is 0 Å². The fourth-order valence-electron chi connectivity index (χ4n) is 4.06. The van der Waals surface area contributed by atoms with Crippen LogP contribution in [0.15, 0.2) is 42.6 Å². The Labute approximate surface area is 182 Å². The van der Waals surface area contributed by atoms with Crippen LogP contribution in [0.25, 0.3) is 10.9 Å². The first-order valence-corrected chi connectivity index (χ1v) is 10.3. The van der Waals surface area contributed by atoms with Gasteiger partial charge in [-0.15, -0.1) is 0 Å². The van der Waals surface area contributed by atoms with Gasteiger partial charge in [-0.05, 0) is 35.7 Å². The quantitative estimate of drug-likeness (QED) is 0.659. The van der Waals surface area contributed by atoms with Crippen molar-refractivity contribution < 1.29 is 9.59 Å². The van der Waals surface area contributed by atoms with Crippen LogP contribution in [-0.2, 0) is 29.7 Å². The molecule has 0 atom stereocenters. The number of carbonyl (C=O) groups excluding carboxylic acids is 2. The van der Waals surface area contributed by atoms with Gasteiger partial charge in [0.25, 0.3) is 5.91 Å². The summed E-state index contributed by atoms with van der Waals surface area (Å²) >= 11 is 0. The summed E-state index contributed by atoms with van der Waals surface area (Å²) in [6.45, 7) is 3.60. The van der Waals surface area contributed by atoms with Crippen molar-refractivity contribution in [2.75, 3.05) is 32.1 Å². The van der Waals surface area contributed by atoms with Gasteiger partial charge in [0.2, 0.25) is 5.91 Å². The number of rotatable bonds is 6. The van der Waals surface area contributed by atoms with E-state index in [1.807, 2.05) is 52.8 Å². The van der Waals surface area contributed by atoms with Gasteiger partial charge in [-0.25, -0.2) is 5.01 Å². The van der Waals surface area contributed by atoms with Gasteiger partial charge in [0.15, 0.2) is 0 Å². The number of benzene rings is 2. The molecule has 0 spiro atoms. The predicted octanol–water partition coefficient (Wildman–Crippen LogP) is 1.82. The van der Waals surface area contributed by atoms with E-state index < -0.39 is 0 Å². The number of hydrazine groups is 1. The highest BCUT2D eigenvalue weighted by atomic mass is 16.2. The molecule has 0 fully saturated rings. The maximum atomic E-state index is 13.2. The molecular formula is C23H28N6O2. The zero-order chi connectivity index (χ0) is 22.1. The standard InChI is InChI=1S/C23H28N6O2/c1-16-9-21-19(11-25-26(21)3)10-20(16)28(14-22(30)24-2)15-23(31)27(4)29-12-17-7-5-6-8-18(17)13-29/h5-11H,12-15H2,1-4H3,(H,24,30). The molecule has 0 radical (unpaired) electrons. The monoisotopic (exact) mass is 420 g/mol. The van der Waals surface area contributed by atoms with Crippen molar-refractivity contribution in [2.24, 2.45) is 7.05 Å². The third-order valence-electron chi connectivity index (χ3n) is 5.95. The van der Waals surface area contributed by atoms with Gasteiger partial charge in [0.1, 0.15) is 0 Å². The fraction of sp³-hybridized carbons (Fsp3) is 0.348. The molecule has 0 aliphatic carbocycles. The maximum Gasteiger partial charge on any atom is 0.256 e. The Morgan fingerprint density at radius 2 is 1.81 bits per heavy atom. The average molecular weight is 421 g/mol. The molecule has 1 aliphatic rings. The Morgan fingerprint density at radius 1 is 1.13 bits per heavy atom. The van der Waals surface area contributed by atoms with Crippen molar-refractivity contribution in [2.45, 2.75) is 20.0 Å². The molecule has 8 heteroatoms. The summed E-state index contributed by atoms with van der Waals surface area (Å²) in [6, 6.07) is 12.3. The van der Waals surface area contributed by atoms with Crippen LogP contribution < -0.4 is 10.2 Å². The van der Waals surface area contributed by atoms with Crippen LogP contribution in [0, 0.1) is 6.92 Å². The van der Waals surface area contributed by atoms with Crippen LogP contribution in [0.1, 0.15) is 16.7 Å². The van der Waals surface area contributed by atoms with Crippen molar-refractivity contribution in [3.63, 3.8) is 0 Å². The number of fused-ring (bicyclic) bond motifs is 2. The summed E-state index contributed by atoms with van der Waals surface area (Å²) in [5.74, 6) is -0.211. The van der Waals surface area contributed by atoms with Crippen molar-refractivity contribution in [1.82, 2.24) is 25.1 Å². The molecular weight excluding hydrogens is 392 g/mol. The van der Waals surface area contributed by atoms with Crippen LogP contribution in [0.5, 0.6) is 0 Å². The second-order valence-electron chi connectivity index (χ2n) is 8.00. The molecule has 2 heterocycles. The summed E-state index contributed by atoms with van der Waals surface area (Å²) in [5, 5.41) is 11.7. The predicted molar refractivity (Wildman–Crippen MR) is 120 cm³/mol.